The lowest BCUT2D eigenvalue weighted by atomic mass is 9.78. The molecule has 0 spiro atoms. The van der Waals surface area contributed by atoms with E-state index in [1.54, 1.807) is 0 Å². The number of carbonyl (C=O) groups excluding carboxylic acids is 5. The molecule has 5 aliphatic carbocycles. The summed E-state index contributed by atoms with van der Waals surface area (Å²) in [7, 11) is 0. The van der Waals surface area contributed by atoms with Crippen molar-refractivity contribution in [3.63, 3.8) is 0 Å². The molecule has 1 saturated heterocycles. The molecule has 6 fully saturated rings. The normalized spacial score (nSPS) is 28.3. The van der Waals surface area contributed by atoms with Crippen LogP contribution in [-0.4, -0.2) is 70.4 Å². The van der Waals surface area contributed by atoms with E-state index in [1.165, 1.54) is 32.1 Å². The summed E-state index contributed by atoms with van der Waals surface area (Å²) in [6, 6.07) is 0. The van der Waals surface area contributed by atoms with E-state index in [1.807, 2.05) is 104 Å². The fourth-order valence-electron chi connectivity index (χ4n) is 9.57. The van der Waals surface area contributed by atoms with Gasteiger partial charge in [0.1, 0.15) is 29.5 Å². The Morgan fingerprint density at radius 3 is 1.49 bits per heavy atom. The Hall–Kier alpha value is -3.18. The summed E-state index contributed by atoms with van der Waals surface area (Å²) in [4.78, 5) is 70.4. The van der Waals surface area contributed by atoms with E-state index in [9.17, 15) is 28.8 Å². The number of carboxylic acid groups (broad SMARTS) is 1. The van der Waals surface area contributed by atoms with Gasteiger partial charge >= 0.3 is 35.8 Å². The molecule has 12 nitrogen and oxygen atoms in total. The highest BCUT2D eigenvalue weighted by molar-refractivity contribution is 5.79. The van der Waals surface area contributed by atoms with E-state index in [2.05, 4.69) is 13.8 Å². The minimum Gasteiger partial charge on any atom is -0.481 e. The predicted octanol–water partition coefficient (Wildman–Crippen LogP) is 11.5. The fraction of sp³-hybridized carbons (Fsp3) is 0.887. The molecule has 0 amide bonds. The van der Waals surface area contributed by atoms with Gasteiger partial charge in [0.15, 0.2) is 0 Å². The fourth-order valence-corrected chi connectivity index (χ4v) is 9.57. The van der Waals surface area contributed by atoms with E-state index < -0.39 is 16.8 Å². The average Bonchev–Trinajstić information content (AvgIpc) is 4.05. The van der Waals surface area contributed by atoms with Crippen molar-refractivity contribution in [3.8, 4) is 0 Å². The Kier molecular flexibility index (Phi) is 18.9. The molecular weight excluding hydrogens is 829 g/mol. The molecule has 6 rings (SSSR count). The maximum absolute atomic E-state index is 12.1. The number of rotatable bonds is 13. The van der Waals surface area contributed by atoms with Crippen LogP contribution in [0, 0.1) is 63.1 Å². The number of carboxylic acids is 1. The van der Waals surface area contributed by atoms with Crippen molar-refractivity contribution in [1.29, 1.82) is 0 Å². The smallest absolute Gasteiger partial charge is 0.312 e. The van der Waals surface area contributed by atoms with Crippen LogP contribution in [0.4, 0.5) is 0 Å². The van der Waals surface area contributed by atoms with Gasteiger partial charge in [0.25, 0.3) is 0 Å². The lowest BCUT2D eigenvalue weighted by Gasteiger charge is -2.38. The molecule has 0 radical (unpaired) electrons. The molecule has 1 aliphatic heterocycles. The molecule has 5 saturated carbocycles. The van der Waals surface area contributed by atoms with Crippen LogP contribution in [0.5, 0.6) is 0 Å². The second-order valence-electron chi connectivity index (χ2n) is 24.2. The van der Waals surface area contributed by atoms with Crippen LogP contribution >= 0.6 is 0 Å². The standard InChI is InChI=1S/C15H28O2.C14H20O4.C14H22O4.C10H20O2/c1-6-14(2,3)13(16)17-15(4,5)12-10-8-7-9-11-12;1-4-14(2,3)13(16)18-10-7-5-8-9(6-7)12(15)17-11(8)10;1-4-14(2,3)13(17)18-11-7-8-5-9(11)6-10(8)12(15)16;1-7-10(5,6)8(11)12-9(2,3)4/h12H,6-11H2,1-5H3;7-11H,4-6H2,1-3H3;8-11H,4-7H2,1-3H3,(H,15,16);7H2,1-6H3. The van der Waals surface area contributed by atoms with Gasteiger partial charge in [0.2, 0.25) is 0 Å². The highest BCUT2D eigenvalue weighted by Gasteiger charge is 2.63. The summed E-state index contributed by atoms with van der Waals surface area (Å²) in [5, 5.41) is 9.06. The number of hydrogen-bond acceptors (Lipinski definition) is 11. The average molecular weight is 919 g/mol. The van der Waals surface area contributed by atoms with Crippen LogP contribution in [0.2, 0.25) is 0 Å². The summed E-state index contributed by atoms with van der Waals surface area (Å²) in [5.74, 6) is 0.235. The molecule has 0 aromatic heterocycles. The number of aliphatic carboxylic acids is 1. The van der Waals surface area contributed by atoms with E-state index in [0.29, 0.717) is 24.2 Å². The molecule has 6 aliphatic rings. The predicted molar refractivity (Wildman–Crippen MR) is 250 cm³/mol. The van der Waals surface area contributed by atoms with Crippen molar-refractivity contribution < 1.29 is 57.6 Å². The summed E-state index contributed by atoms with van der Waals surface area (Å²) >= 11 is 0. The zero-order valence-corrected chi connectivity index (χ0v) is 43.6. The van der Waals surface area contributed by atoms with Gasteiger partial charge in [-0.15, -0.1) is 0 Å². The monoisotopic (exact) mass is 919 g/mol. The Balaban J connectivity index is 0.000000233. The van der Waals surface area contributed by atoms with E-state index >= 15 is 0 Å². The first-order chi connectivity index (χ1) is 29.8. The van der Waals surface area contributed by atoms with Gasteiger partial charge in [-0.1, -0.05) is 47.0 Å². The lowest BCUT2D eigenvalue weighted by Crippen LogP contribution is -2.41. The second kappa shape index (κ2) is 21.8. The van der Waals surface area contributed by atoms with Gasteiger partial charge < -0.3 is 28.8 Å². The van der Waals surface area contributed by atoms with Crippen LogP contribution < -0.4 is 0 Å². The Morgan fingerprint density at radius 1 is 0.569 bits per heavy atom. The summed E-state index contributed by atoms with van der Waals surface area (Å²) in [5.41, 5.74) is -2.27. The maximum atomic E-state index is 12.1. The first-order valence-corrected chi connectivity index (χ1v) is 25.1. The molecule has 9 unspecified atom stereocenters. The van der Waals surface area contributed by atoms with Crippen LogP contribution in [0.3, 0.4) is 0 Å². The van der Waals surface area contributed by atoms with Crippen molar-refractivity contribution >= 4 is 35.8 Å². The third kappa shape index (κ3) is 14.4. The molecule has 1 heterocycles. The zero-order valence-electron chi connectivity index (χ0n) is 43.6. The summed E-state index contributed by atoms with van der Waals surface area (Å²) in [6.45, 7) is 33.1. The summed E-state index contributed by atoms with van der Waals surface area (Å²) in [6.07, 6.45) is 13.1. The number of ether oxygens (including phenoxy) is 5. The maximum Gasteiger partial charge on any atom is 0.312 e. The van der Waals surface area contributed by atoms with Gasteiger partial charge in [-0.2, -0.15) is 0 Å². The van der Waals surface area contributed by atoms with Crippen LogP contribution in [0.15, 0.2) is 0 Å². The number of hydrogen-bond donors (Lipinski definition) is 1. The quantitative estimate of drug-likeness (QED) is 0.137. The van der Waals surface area contributed by atoms with Crippen molar-refractivity contribution in [2.24, 2.45) is 63.1 Å². The van der Waals surface area contributed by atoms with Crippen molar-refractivity contribution in [2.45, 2.75) is 237 Å². The zero-order chi connectivity index (χ0) is 49.7. The Labute approximate surface area is 392 Å². The van der Waals surface area contributed by atoms with Crippen molar-refractivity contribution in [1.82, 2.24) is 0 Å². The SMILES string of the molecule is CCC(C)(C)C(=O)OC(C)(C)C.CCC(C)(C)C(=O)OC(C)(C)C1CCCCC1.CCC(C)(C)C(=O)OC1C2CC3C(=O)OC1C3C2.CCC(C)(C)C(=O)OC1CC2CC1CC2C(=O)O. The largest absolute Gasteiger partial charge is 0.481 e. The molecule has 0 aromatic rings. The first kappa shape index (κ1) is 56.1. The highest BCUT2D eigenvalue weighted by atomic mass is 16.6. The molecule has 0 aromatic carbocycles. The van der Waals surface area contributed by atoms with Gasteiger partial charge in [-0.25, -0.2) is 0 Å². The van der Waals surface area contributed by atoms with Gasteiger partial charge in [-0.3, -0.25) is 28.8 Å². The second-order valence-corrected chi connectivity index (χ2v) is 24.2. The Bertz CT molecular complexity index is 1660. The Morgan fingerprint density at radius 2 is 1.05 bits per heavy atom. The molecule has 9 atom stereocenters. The topological polar surface area (TPSA) is 169 Å². The van der Waals surface area contributed by atoms with E-state index in [4.69, 9.17) is 28.8 Å². The third-order valence-corrected chi connectivity index (χ3v) is 16.1. The molecule has 12 heteroatoms. The molecule has 65 heavy (non-hydrogen) atoms. The van der Waals surface area contributed by atoms with Crippen LogP contribution in [-0.2, 0) is 52.5 Å². The van der Waals surface area contributed by atoms with Gasteiger partial charge in [-0.05, 0) is 178 Å². The van der Waals surface area contributed by atoms with Crippen LogP contribution in [0.25, 0.3) is 0 Å². The highest BCUT2D eigenvalue weighted by Crippen LogP contribution is 2.56. The molecule has 4 bridgehead atoms. The minimum atomic E-state index is -0.693. The minimum absolute atomic E-state index is 0.0458. The van der Waals surface area contributed by atoms with Crippen molar-refractivity contribution in [3.05, 3.63) is 0 Å². The molecular formula is C53H90O12. The lowest BCUT2D eigenvalue weighted by molar-refractivity contribution is -0.174. The third-order valence-electron chi connectivity index (χ3n) is 16.1. The van der Waals surface area contributed by atoms with E-state index in [0.717, 1.165) is 51.4 Å². The number of carbonyl (C=O) groups is 6. The van der Waals surface area contributed by atoms with E-state index in [-0.39, 0.29) is 93.9 Å². The molecule has 1 N–H and O–H groups in total. The van der Waals surface area contributed by atoms with Crippen molar-refractivity contribution in [2.75, 3.05) is 0 Å². The first-order valence-electron chi connectivity index (χ1n) is 25.1. The van der Waals surface area contributed by atoms with Crippen LogP contribution in [0.1, 0.15) is 208 Å². The number of fused-ring (bicyclic) bond motifs is 3. The molecule has 374 valence electrons. The van der Waals surface area contributed by atoms with Gasteiger partial charge in [0, 0.05) is 11.8 Å². The summed E-state index contributed by atoms with van der Waals surface area (Å²) < 4.78 is 27.7. The van der Waals surface area contributed by atoms with Gasteiger partial charge in [0.05, 0.1) is 33.5 Å². The number of esters is 5.